The highest BCUT2D eigenvalue weighted by Crippen LogP contribution is 2.25. The Kier molecular flexibility index (Phi) is 4.75. The summed E-state index contributed by atoms with van der Waals surface area (Å²) in [5.41, 5.74) is 0. The normalized spacial score (nSPS) is 10.6. The third-order valence-electron chi connectivity index (χ3n) is 3.03. The maximum Gasteiger partial charge on any atom is 0.348 e. The molecule has 0 amide bonds. The molecule has 0 saturated carbocycles. The summed E-state index contributed by atoms with van der Waals surface area (Å²) in [4.78, 5) is 12.6. The van der Waals surface area contributed by atoms with Gasteiger partial charge in [-0.3, -0.25) is 0 Å². The molecule has 0 atom stereocenters. The van der Waals surface area contributed by atoms with Gasteiger partial charge in [-0.25, -0.2) is 4.79 Å². The zero-order valence-electron chi connectivity index (χ0n) is 11.6. The Balaban J connectivity index is 1.50. The van der Waals surface area contributed by atoms with Gasteiger partial charge in [-0.2, -0.15) is 0 Å². The topological polar surface area (TPSA) is 35.5 Å². The fourth-order valence-corrected chi connectivity index (χ4v) is 3.20. The molecule has 1 aromatic heterocycles. The van der Waals surface area contributed by atoms with Crippen molar-refractivity contribution in [2.75, 3.05) is 13.2 Å². The molecule has 5 heteroatoms. The van der Waals surface area contributed by atoms with E-state index < -0.39 is 0 Å². The molecule has 0 aliphatic carbocycles. The van der Waals surface area contributed by atoms with Crippen molar-refractivity contribution in [3.63, 3.8) is 0 Å². The van der Waals surface area contributed by atoms with Crippen LogP contribution in [-0.4, -0.2) is 19.2 Å². The molecule has 3 aromatic rings. The summed E-state index contributed by atoms with van der Waals surface area (Å²) >= 11 is 4.80. The van der Waals surface area contributed by atoms with Gasteiger partial charge in [0.1, 0.15) is 23.8 Å². The monoisotopic (exact) mass is 376 g/mol. The number of esters is 1. The van der Waals surface area contributed by atoms with Crippen LogP contribution in [0.1, 0.15) is 9.67 Å². The minimum Gasteiger partial charge on any atom is -0.490 e. The first-order valence-corrected chi connectivity index (χ1v) is 8.37. The SMILES string of the molecule is O=C(OCCOc1ccc(Br)cc1)c1cc2ccccc2s1. The molecule has 0 fully saturated rings. The maximum atomic E-state index is 12.0. The largest absolute Gasteiger partial charge is 0.490 e. The van der Waals surface area contributed by atoms with Crippen molar-refractivity contribution in [1.29, 1.82) is 0 Å². The van der Waals surface area contributed by atoms with Crippen LogP contribution in [0.2, 0.25) is 0 Å². The van der Waals surface area contributed by atoms with Crippen molar-refractivity contribution >= 4 is 43.3 Å². The quantitative estimate of drug-likeness (QED) is 0.469. The highest BCUT2D eigenvalue weighted by molar-refractivity contribution is 9.10. The van der Waals surface area contributed by atoms with Gasteiger partial charge in [-0.05, 0) is 41.8 Å². The molecule has 0 spiro atoms. The fraction of sp³-hybridized carbons (Fsp3) is 0.118. The highest BCUT2D eigenvalue weighted by atomic mass is 79.9. The van der Waals surface area contributed by atoms with Crippen molar-refractivity contribution in [3.8, 4) is 5.75 Å². The first-order chi connectivity index (χ1) is 10.7. The van der Waals surface area contributed by atoms with Gasteiger partial charge in [0.25, 0.3) is 0 Å². The summed E-state index contributed by atoms with van der Waals surface area (Å²) < 4.78 is 12.8. The van der Waals surface area contributed by atoms with Crippen LogP contribution in [0.3, 0.4) is 0 Å². The van der Waals surface area contributed by atoms with E-state index in [9.17, 15) is 4.79 Å². The number of carbonyl (C=O) groups excluding carboxylic acids is 1. The van der Waals surface area contributed by atoms with Crippen molar-refractivity contribution in [1.82, 2.24) is 0 Å². The molecule has 3 rings (SSSR count). The number of benzene rings is 2. The van der Waals surface area contributed by atoms with Crippen molar-refractivity contribution in [2.24, 2.45) is 0 Å². The van der Waals surface area contributed by atoms with Crippen molar-refractivity contribution in [2.45, 2.75) is 0 Å². The number of fused-ring (bicyclic) bond motifs is 1. The second-order valence-electron chi connectivity index (χ2n) is 4.59. The van der Waals surface area contributed by atoms with Gasteiger partial charge in [0, 0.05) is 9.17 Å². The number of rotatable bonds is 5. The van der Waals surface area contributed by atoms with Gasteiger partial charge >= 0.3 is 5.97 Å². The van der Waals surface area contributed by atoms with Crippen LogP contribution in [-0.2, 0) is 4.74 Å². The number of thiophene rings is 1. The van der Waals surface area contributed by atoms with E-state index in [-0.39, 0.29) is 12.6 Å². The van der Waals surface area contributed by atoms with Gasteiger partial charge in [0.05, 0.1) is 0 Å². The third-order valence-corrected chi connectivity index (χ3v) is 4.65. The second kappa shape index (κ2) is 6.94. The van der Waals surface area contributed by atoms with Gasteiger partial charge in [-0.15, -0.1) is 11.3 Å². The summed E-state index contributed by atoms with van der Waals surface area (Å²) in [6.07, 6.45) is 0. The summed E-state index contributed by atoms with van der Waals surface area (Å²) in [5.74, 6) is 0.446. The molecule has 2 aromatic carbocycles. The molecule has 0 bridgehead atoms. The Hall–Kier alpha value is -1.85. The fourth-order valence-electron chi connectivity index (χ4n) is 1.98. The van der Waals surface area contributed by atoms with E-state index in [4.69, 9.17) is 9.47 Å². The lowest BCUT2D eigenvalue weighted by Crippen LogP contribution is -2.11. The molecule has 0 saturated heterocycles. The van der Waals surface area contributed by atoms with Crippen LogP contribution in [0, 0.1) is 0 Å². The van der Waals surface area contributed by atoms with E-state index in [0.717, 1.165) is 20.3 Å². The number of halogens is 1. The summed E-state index contributed by atoms with van der Waals surface area (Å²) in [6, 6.07) is 17.3. The molecular formula is C17H13BrO3S. The lowest BCUT2D eigenvalue weighted by atomic mass is 10.2. The van der Waals surface area contributed by atoms with Gasteiger partial charge in [0.15, 0.2) is 0 Å². The molecule has 1 heterocycles. The Bertz CT molecular complexity index is 747. The van der Waals surface area contributed by atoms with E-state index in [1.807, 2.05) is 54.6 Å². The Morgan fingerprint density at radius 1 is 1.05 bits per heavy atom. The van der Waals surface area contributed by atoms with Crippen LogP contribution in [0.25, 0.3) is 10.1 Å². The smallest absolute Gasteiger partial charge is 0.348 e. The van der Waals surface area contributed by atoms with E-state index >= 15 is 0 Å². The van der Waals surface area contributed by atoms with Crippen LogP contribution in [0.15, 0.2) is 59.1 Å². The number of hydrogen-bond acceptors (Lipinski definition) is 4. The van der Waals surface area contributed by atoms with E-state index in [2.05, 4.69) is 15.9 Å². The standard InChI is InChI=1S/C17H13BrO3S/c18-13-5-7-14(8-6-13)20-9-10-21-17(19)16-11-12-3-1-2-4-15(12)22-16/h1-8,11H,9-10H2. The van der Waals surface area contributed by atoms with Crippen molar-refractivity contribution in [3.05, 3.63) is 63.9 Å². The predicted octanol–water partition coefficient (Wildman–Crippen LogP) is 4.90. The minimum atomic E-state index is -0.305. The van der Waals surface area contributed by atoms with Crippen LogP contribution in [0.5, 0.6) is 5.75 Å². The highest BCUT2D eigenvalue weighted by Gasteiger charge is 2.11. The lowest BCUT2D eigenvalue weighted by molar-refractivity contribution is 0.0456. The Morgan fingerprint density at radius 2 is 1.82 bits per heavy atom. The number of carbonyl (C=O) groups is 1. The summed E-state index contributed by atoms with van der Waals surface area (Å²) in [6.45, 7) is 0.557. The third kappa shape index (κ3) is 3.67. The van der Waals surface area contributed by atoms with Crippen molar-refractivity contribution < 1.29 is 14.3 Å². The van der Waals surface area contributed by atoms with Gasteiger partial charge in [-0.1, -0.05) is 34.1 Å². The first-order valence-electron chi connectivity index (χ1n) is 6.76. The molecule has 22 heavy (non-hydrogen) atoms. The average Bonchev–Trinajstić information content (AvgIpc) is 2.97. The Morgan fingerprint density at radius 3 is 2.59 bits per heavy atom. The molecule has 0 radical (unpaired) electrons. The number of ether oxygens (including phenoxy) is 2. The van der Waals surface area contributed by atoms with E-state index in [1.165, 1.54) is 11.3 Å². The van der Waals surface area contributed by atoms with E-state index in [1.54, 1.807) is 0 Å². The predicted molar refractivity (Wildman–Crippen MR) is 91.7 cm³/mol. The zero-order valence-corrected chi connectivity index (χ0v) is 14.0. The Labute approximate surface area is 140 Å². The summed E-state index contributed by atoms with van der Waals surface area (Å²) in [5, 5.41) is 1.06. The van der Waals surface area contributed by atoms with Gasteiger partial charge in [0.2, 0.25) is 0 Å². The maximum absolute atomic E-state index is 12.0. The van der Waals surface area contributed by atoms with Gasteiger partial charge < -0.3 is 9.47 Å². The minimum absolute atomic E-state index is 0.225. The molecule has 3 nitrogen and oxygen atoms in total. The van der Waals surface area contributed by atoms with Crippen LogP contribution < -0.4 is 4.74 Å². The molecule has 112 valence electrons. The molecule has 0 aliphatic rings. The zero-order chi connectivity index (χ0) is 15.4. The second-order valence-corrected chi connectivity index (χ2v) is 6.59. The van der Waals surface area contributed by atoms with E-state index in [0.29, 0.717) is 11.5 Å². The molecular weight excluding hydrogens is 364 g/mol. The first kappa shape index (κ1) is 15.1. The van der Waals surface area contributed by atoms with Crippen LogP contribution in [0.4, 0.5) is 0 Å². The van der Waals surface area contributed by atoms with Crippen LogP contribution >= 0.6 is 27.3 Å². The average molecular weight is 377 g/mol. The number of hydrogen-bond donors (Lipinski definition) is 0. The molecule has 0 N–H and O–H groups in total. The molecule has 0 unspecified atom stereocenters. The molecule has 0 aliphatic heterocycles. The summed E-state index contributed by atoms with van der Waals surface area (Å²) in [7, 11) is 0. The lowest BCUT2D eigenvalue weighted by Gasteiger charge is -2.06.